The highest BCUT2D eigenvalue weighted by Gasteiger charge is 2.51. The van der Waals surface area contributed by atoms with Crippen molar-refractivity contribution in [2.24, 2.45) is 17.8 Å². The number of hydrogen-bond donors (Lipinski definition) is 3. The number of para-hydroxylation sites is 2. The van der Waals surface area contributed by atoms with Crippen LogP contribution in [0.2, 0.25) is 0 Å². The molecule has 1 aromatic rings. The van der Waals surface area contributed by atoms with Gasteiger partial charge in [-0.2, -0.15) is 0 Å². The summed E-state index contributed by atoms with van der Waals surface area (Å²) in [6, 6.07) is 6.45. The molecule has 1 unspecified atom stereocenters. The molecule has 1 atom stereocenters. The Labute approximate surface area is 205 Å². The van der Waals surface area contributed by atoms with Crippen LogP contribution in [0.1, 0.15) is 58.3 Å². The number of rotatable bonds is 6. The molecular weight excluding hydrogens is 448 g/mol. The van der Waals surface area contributed by atoms with Crippen LogP contribution in [0, 0.1) is 17.8 Å². The SMILES string of the molecule is CC1CC(=O)Nc2ccccc2N1C(=O)COC(=O)CCNC(=O)NC12CC3CC(CC(C3)C1)C2. The van der Waals surface area contributed by atoms with Gasteiger partial charge in [0.1, 0.15) is 0 Å². The normalized spacial score (nSPS) is 30.7. The van der Waals surface area contributed by atoms with E-state index in [1.165, 1.54) is 24.2 Å². The minimum absolute atomic E-state index is 0.0201. The zero-order chi connectivity index (χ0) is 24.6. The lowest BCUT2D eigenvalue weighted by molar-refractivity contribution is -0.147. The van der Waals surface area contributed by atoms with Gasteiger partial charge in [-0.15, -0.1) is 0 Å². The Kier molecular flexibility index (Phi) is 6.42. The van der Waals surface area contributed by atoms with Crippen molar-refractivity contribution < 1.29 is 23.9 Å². The molecule has 1 aromatic carbocycles. The van der Waals surface area contributed by atoms with Crippen LogP contribution in [-0.4, -0.2) is 48.5 Å². The lowest BCUT2D eigenvalue weighted by atomic mass is 9.53. The van der Waals surface area contributed by atoms with Crippen LogP contribution in [0.3, 0.4) is 0 Å². The third-order valence-corrected chi connectivity index (χ3v) is 8.02. The summed E-state index contributed by atoms with van der Waals surface area (Å²) >= 11 is 0. The molecule has 35 heavy (non-hydrogen) atoms. The first-order valence-electron chi connectivity index (χ1n) is 12.7. The van der Waals surface area contributed by atoms with Gasteiger partial charge in [-0.1, -0.05) is 12.1 Å². The molecule has 0 saturated heterocycles. The number of urea groups is 1. The zero-order valence-corrected chi connectivity index (χ0v) is 20.2. The Bertz CT molecular complexity index is 989. The molecular formula is C26H34N4O5. The molecule has 0 aromatic heterocycles. The van der Waals surface area contributed by atoms with Crippen LogP contribution in [0.25, 0.3) is 0 Å². The molecule has 4 bridgehead atoms. The molecule has 1 heterocycles. The molecule has 5 aliphatic rings. The summed E-state index contributed by atoms with van der Waals surface area (Å²) in [6.45, 7) is 1.51. The maximum atomic E-state index is 12.9. The van der Waals surface area contributed by atoms with E-state index in [0.29, 0.717) is 11.4 Å². The summed E-state index contributed by atoms with van der Waals surface area (Å²) < 4.78 is 5.20. The average molecular weight is 483 g/mol. The summed E-state index contributed by atoms with van der Waals surface area (Å²) in [7, 11) is 0. The van der Waals surface area contributed by atoms with Gasteiger partial charge < -0.3 is 25.6 Å². The Morgan fingerprint density at radius 2 is 1.74 bits per heavy atom. The third kappa shape index (κ3) is 5.13. The molecule has 4 amide bonds. The molecule has 4 aliphatic carbocycles. The zero-order valence-electron chi connectivity index (χ0n) is 20.2. The van der Waals surface area contributed by atoms with Crippen LogP contribution in [0.5, 0.6) is 0 Å². The Morgan fingerprint density at radius 3 is 2.43 bits per heavy atom. The van der Waals surface area contributed by atoms with E-state index in [4.69, 9.17) is 4.74 Å². The van der Waals surface area contributed by atoms with Crippen molar-refractivity contribution in [1.29, 1.82) is 0 Å². The Hall–Kier alpha value is -3.10. The molecule has 4 fully saturated rings. The number of nitrogens with one attached hydrogen (secondary N) is 3. The van der Waals surface area contributed by atoms with E-state index < -0.39 is 18.5 Å². The second-order valence-corrected chi connectivity index (χ2v) is 10.9. The molecule has 188 valence electrons. The number of amides is 4. The number of carbonyl (C=O) groups is 4. The number of nitrogens with zero attached hydrogens (tertiary/aromatic N) is 1. The van der Waals surface area contributed by atoms with Crippen molar-refractivity contribution >= 4 is 35.2 Å². The largest absolute Gasteiger partial charge is 0.455 e. The predicted octanol–water partition coefficient (Wildman–Crippen LogP) is 2.95. The maximum Gasteiger partial charge on any atom is 0.315 e. The summed E-state index contributed by atoms with van der Waals surface area (Å²) in [5.74, 6) is 1.08. The van der Waals surface area contributed by atoms with Gasteiger partial charge in [-0.3, -0.25) is 14.4 Å². The summed E-state index contributed by atoms with van der Waals surface area (Å²) in [5, 5.41) is 8.80. The number of ether oxygens (including phenoxy) is 1. The molecule has 3 N–H and O–H groups in total. The highest BCUT2D eigenvalue weighted by Crippen LogP contribution is 2.55. The Morgan fingerprint density at radius 1 is 1.09 bits per heavy atom. The Balaban J connectivity index is 1.07. The third-order valence-electron chi connectivity index (χ3n) is 8.02. The monoisotopic (exact) mass is 482 g/mol. The fourth-order valence-corrected chi connectivity index (χ4v) is 7.08. The van der Waals surface area contributed by atoms with Crippen LogP contribution in [0.4, 0.5) is 16.2 Å². The van der Waals surface area contributed by atoms with Crippen LogP contribution in [0.15, 0.2) is 24.3 Å². The van der Waals surface area contributed by atoms with Crippen molar-refractivity contribution in [3.05, 3.63) is 24.3 Å². The second kappa shape index (κ2) is 9.51. The van der Waals surface area contributed by atoms with Crippen molar-refractivity contribution in [1.82, 2.24) is 10.6 Å². The van der Waals surface area contributed by atoms with Gasteiger partial charge in [-0.05, 0) is 75.3 Å². The van der Waals surface area contributed by atoms with Gasteiger partial charge in [-0.25, -0.2) is 4.79 Å². The van der Waals surface area contributed by atoms with Crippen LogP contribution in [-0.2, 0) is 19.1 Å². The number of hydrogen-bond acceptors (Lipinski definition) is 5. The smallest absolute Gasteiger partial charge is 0.315 e. The molecule has 0 spiro atoms. The predicted molar refractivity (Wildman–Crippen MR) is 130 cm³/mol. The highest BCUT2D eigenvalue weighted by molar-refractivity contribution is 6.05. The van der Waals surface area contributed by atoms with E-state index in [0.717, 1.165) is 37.0 Å². The van der Waals surface area contributed by atoms with Gasteiger partial charge in [0, 0.05) is 24.5 Å². The van der Waals surface area contributed by atoms with Gasteiger partial charge in [0.15, 0.2) is 6.61 Å². The topological polar surface area (TPSA) is 117 Å². The van der Waals surface area contributed by atoms with E-state index in [-0.39, 0.29) is 42.9 Å². The van der Waals surface area contributed by atoms with Crippen molar-refractivity contribution in [2.45, 2.75) is 69.9 Å². The van der Waals surface area contributed by atoms with Gasteiger partial charge in [0.2, 0.25) is 5.91 Å². The minimum atomic E-state index is -0.557. The van der Waals surface area contributed by atoms with Crippen molar-refractivity contribution in [3.63, 3.8) is 0 Å². The maximum absolute atomic E-state index is 12.9. The quantitative estimate of drug-likeness (QED) is 0.539. The van der Waals surface area contributed by atoms with Gasteiger partial charge in [0.25, 0.3) is 5.91 Å². The standard InChI is InChI=1S/C26H34N4O5/c1-16-8-22(31)28-20-4-2-3-5-21(20)30(16)23(32)15-35-24(33)6-7-27-25(34)29-26-12-17-9-18(13-26)11-19(10-17)14-26/h2-5,16-19H,6-15H2,1H3,(H,28,31)(H2,27,29,34). The first-order chi connectivity index (χ1) is 16.8. The number of carbonyl (C=O) groups excluding carboxylic acids is 4. The van der Waals surface area contributed by atoms with Crippen LogP contribution < -0.4 is 20.9 Å². The van der Waals surface area contributed by atoms with E-state index in [2.05, 4.69) is 16.0 Å². The van der Waals surface area contributed by atoms with E-state index in [9.17, 15) is 19.2 Å². The van der Waals surface area contributed by atoms with Gasteiger partial charge >= 0.3 is 12.0 Å². The molecule has 9 heteroatoms. The average Bonchev–Trinajstić information content (AvgIpc) is 2.90. The first-order valence-corrected chi connectivity index (χ1v) is 12.7. The molecule has 6 rings (SSSR count). The molecule has 4 saturated carbocycles. The summed E-state index contributed by atoms with van der Waals surface area (Å²) in [4.78, 5) is 51.3. The van der Waals surface area contributed by atoms with E-state index in [1.807, 2.05) is 0 Å². The molecule has 9 nitrogen and oxygen atoms in total. The fraction of sp³-hybridized carbons (Fsp3) is 0.615. The van der Waals surface area contributed by atoms with Crippen molar-refractivity contribution in [2.75, 3.05) is 23.4 Å². The minimum Gasteiger partial charge on any atom is -0.455 e. The van der Waals surface area contributed by atoms with Crippen molar-refractivity contribution in [3.8, 4) is 0 Å². The molecule has 1 aliphatic heterocycles. The highest BCUT2D eigenvalue weighted by atomic mass is 16.5. The lowest BCUT2D eigenvalue weighted by Gasteiger charge is -2.56. The molecule has 0 radical (unpaired) electrons. The number of anilines is 2. The number of benzene rings is 1. The number of esters is 1. The number of fused-ring (bicyclic) bond motifs is 1. The van der Waals surface area contributed by atoms with E-state index >= 15 is 0 Å². The second-order valence-electron chi connectivity index (χ2n) is 10.9. The summed E-state index contributed by atoms with van der Waals surface area (Å²) in [5.41, 5.74) is 1.05. The van der Waals surface area contributed by atoms with Gasteiger partial charge in [0.05, 0.1) is 17.8 Å². The summed E-state index contributed by atoms with van der Waals surface area (Å²) in [6.07, 6.45) is 7.25. The van der Waals surface area contributed by atoms with E-state index in [1.54, 1.807) is 31.2 Å². The first kappa shape index (κ1) is 23.6. The fourth-order valence-electron chi connectivity index (χ4n) is 7.08. The van der Waals surface area contributed by atoms with Crippen LogP contribution >= 0.6 is 0 Å². The lowest BCUT2D eigenvalue weighted by Crippen LogP contribution is -2.61.